The topological polar surface area (TPSA) is 101 Å². The molecule has 3 aromatic rings. The standard InChI is InChI=1S/C26H28N6O3/c1-16(2)35-24-9-22-20(14-31(30-22)13-18-4-6-19(15-33)7-5-18)8-21(24)26(34)29-23-11-28-32-12-17(3)10-27-25(23)32/h8-16,18-19H,4-7H2,1-3H3/p+1/b31-13-. The van der Waals surface area contributed by atoms with Crippen molar-refractivity contribution in [1.82, 2.24) is 14.6 Å². The van der Waals surface area contributed by atoms with Gasteiger partial charge in [-0.2, -0.15) is 5.10 Å². The first kappa shape index (κ1) is 22.9. The molecule has 3 heterocycles. The van der Waals surface area contributed by atoms with Gasteiger partial charge in [0.1, 0.15) is 23.1 Å². The third-order valence-corrected chi connectivity index (χ3v) is 6.34. The van der Waals surface area contributed by atoms with Crippen LogP contribution >= 0.6 is 0 Å². The van der Waals surface area contributed by atoms with E-state index < -0.39 is 0 Å². The van der Waals surface area contributed by atoms with Crippen LogP contribution in [-0.4, -0.2) is 43.8 Å². The molecule has 0 spiro atoms. The largest absolute Gasteiger partial charge is 0.490 e. The SMILES string of the molecule is Cc1cnc2c(NC(=O)c3cc4c(cc3OC(C)C)=N/[N+](=C\C3CCC(C=O)CC3)C=4)cnn2c1. The Labute approximate surface area is 202 Å². The fourth-order valence-corrected chi connectivity index (χ4v) is 4.57. The first-order valence-corrected chi connectivity index (χ1v) is 12.0. The Balaban J connectivity index is 1.45. The molecule has 0 bridgehead atoms. The summed E-state index contributed by atoms with van der Waals surface area (Å²) in [6, 6.07) is 3.63. The molecule has 1 aliphatic carbocycles. The third-order valence-electron chi connectivity index (χ3n) is 6.34. The molecule has 1 saturated carbocycles. The van der Waals surface area contributed by atoms with Gasteiger partial charge in [0.15, 0.2) is 11.9 Å². The molecule has 180 valence electrons. The van der Waals surface area contributed by atoms with Crippen LogP contribution in [0.2, 0.25) is 0 Å². The number of aldehydes is 1. The first-order valence-electron chi connectivity index (χ1n) is 12.0. The fourth-order valence-electron chi connectivity index (χ4n) is 4.57. The lowest BCUT2D eigenvalue weighted by Gasteiger charge is -2.20. The van der Waals surface area contributed by atoms with Gasteiger partial charge in [-0.15, -0.1) is 0 Å². The Bertz CT molecular complexity index is 1450. The number of ether oxygens (including phenoxy) is 1. The number of anilines is 1. The Hall–Kier alpha value is -3.88. The highest BCUT2D eigenvalue weighted by atomic mass is 16.5. The molecule has 1 aromatic carbocycles. The van der Waals surface area contributed by atoms with Crippen molar-refractivity contribution in [2.24, 2.45) is 16.9 Å². The molecular formula is C26H29N6O3+. The highest BCUT2D eigenvalue weighted by Crippen LogP contribution is 2.26. The summed E-state index contributed by atoms with van der Waals surface area (Å²) in [4.78, 5) is 28.8. The van der Waals surface area contributed by atoms with E-state index in [1.54, 1.807) is 16.9 Å². The zero-order chi connectivity index (χ0) is 24.5. The van der Waals surface area contributed by atoms with Crippen molar-refractivity contribution in [2.45, 2.75) is 52.6 Å². The van der Waals surface area contributed by atoms with Crippen LogP contribution < -0.4 is 20.6 Å². The number of nitrogens with one attached hydrogen (secondary N) is 1. The first-order chi connectivity index (χ1) is 16.9. The molecule has 0 saturated heterocycles. The molecule has 35 heavy (non-hydrogen) atoms. The van der Waals surface area contributed by atoms with Crippen molar-refractivity contribution in [1.29, 1.82) is 0 Å². The van der Waals surface area contributed by atoms with Gasteiger partial charge in [0.25, 0.3) is 5.91 Å². The molecule has 1 fully saturated rings. The summed E-state index contributed by atoms with van der Waals surface area (Å²) < 4.78 is 9.46. The second kappa shape index (κ2) is 9.40. The summed E-state index contributed by atoms with van der Waals surface area (Å²) in [6.07, 6.45) is 14.0. The number of rotatable bonds is 6. The van der Waals surface area contributed by atoms with Gasteiger partial charge in [-0.25, -0.2) is 9.50 Å². The van der Waals surface area contributed by atoms with Crippen molar-refractivity contribution in [3.05, 3.63) is 52.4 Å². The zero-order valence-corrected chi connectivity index (χ0v) is 20.1. The van der Waals surface area contributed by atoms with Gasteiger partial charge in [0.2, 0.25) is 6.20 Å². The van der Waals surface area contributed by atoms with Crippen LogP contribution in [0.25, 0.3) is 11.8 Å². The number of fused-ring (bicyclic) bond motifs is 2. The summed E-state index contributed by atoms with van der Waals surface area (Å²) in [6.45, 7) is 5.78. The molecule has 1 aliphatic heterocycles. The number of carbonyl (C=O) groups excluding carboxylic acids is 2. The van der Waals surface area contributed by atoms with Crippen LogP contribution in [-0.2, 0) is 4.79 Å². The molecule has 0 atom stereocenters. The number of benzene rings is 1. The van der Waals surface area contributed by atoms with Gasteiger partial charge in [0, 0.05) is 35.4 Å². The van der Waals surface area contributed by atoms with Crippen LogP contribution in [0.3, 0.4) is 0 Å². The van der Waals surface area contributed by atoms with E-state index in [4.69, 9.17) is 9.84 Å². The molecule has 1 N–H and O–H groups in total. The monoisotopic (exact) mass is 473 g/mol. The van der Waals surface area contributed by atoms with E-state index in [1.165, 1.54) is 0 Å². The van der Waals surface area contributed by atoms with Crippen molar-refractivity contribution in [3.8, 4) is 5.75 Å². The summed E-state index contributed by atoms with van der Waals surface area (Å²) in [5.41, 5.74) is 2.49. The quantitative estimate of drug-likeness (QED) is 0.438. The number of amides is 1. The Morgan fingerprint density at radius 2 is 1.97 bits per heavy atom. The molecule has 0 unspecified atom stereocenters. The molecule has 9 nitrogen and oxygen atoms in total. The lowest BCUT2D eigenvalue weighted by Crippen LogP contribution is -2.26. The fraction of sp³-hybridized carbons (Fsp3) is 0.385. The molecule has 9 heteroatoms. The number of carbonyl (C=O) groups is 2. The van der Waals surface area contributed by atoms with Crippen LogP contribution in [0.4, 0.5) is 5.69 Å². The smallest absolute Gasteiger partial charge is 0.259 e. The maximum atomic E-state index is 13.3. The molecule has 0 radical (unpaired) electrons. The highest BCUT2D eigenvalue weighted by molar-refractivity contribution is 6.07. The van der Waals surface area contributed by atoms with E-state index in [9.17, 15) is 9.59 Å². The Kier molecular flexibility index (Phi) is 6.15. The Morgan fingerprint density at radius 3 is 2.71 bits per heavy atom. The maximum Gasteiger partial charge on any atom is 0.259 e. The van der Waals surface area contributed by atoms with E-state index in [-0.39, 0.29) is 17.9 Å². The summed E-state index contributed by atoms with van der Waals surface area (Å²) in [5, 5.41) is 13.5. The van der Waals surface area contributed by atoms with Gasteiger partial charge < -0.3 is 14.8 Å². The predicted molar refractivity (Wildman–Crippen MR) is 131 cm³/mol. The number of hydrogen-bond donors (Lipinski definition) is 1. The minimum atomic E-state index is -0.302. The lowest BCUT2D eigenvalue weighted by atomic mass is 9.83. The summed E-state index contributed by atoms with van der Waals surface area (Å²) >= 11 is 0. The van der Waals surface area contributed by atoms with Crippen LogP contribution in [0.15, 0.2) is 35.8 Å². The number of hydrogen-bond acceptors (Lipinski definition) is 6. The van der Waals surface area contributed by atoms with Gasteiger partial charge >= 0.3 is 0 Å². The average Bonchev–Trinajstić information content (AvgIpc) is 3.41. The normalized spacial score (nSPS) is 20.4. The van der Waals surface area contributed by atoms with Crippen LogP contribution in [0.1, 0.15) is 55.5 Å². The Morgan fingerprint density at radius 1 is 1.20 bits per heavy atom. The van der Waals surface area contributed by atoms with E-state index >= 15 is 0 Å². The van der Waals surface area contributed by atoms with Gasteiger partial charge in [-0.05, 0) is 58.1 Å². The van der Waals surface area contributed by atoms with Crippen molar-refractivity contribution < 1.29 is 19.0 Å². The summed E-state index contributed by atoms with van der Waals surface area (Å²) in [7, 11) is 0. The second-order valence-corrected chi connectivity index (χ2v) is 9.55. The van der Waals surface area contributed by atoms with Gasteiger partial charge in [-0.1, -0.05) is 4.68 Å². The minimum Gasteiger partial charge on any atom is -0.490 e. The van der Waals surface area contributed by atoms with Crippen LogP contribution in [0.5, 0.6) is 5.75 Å². The van der Waals surface area contributed by atoms with E-state index in [1.807, 2.05) is 50.0 Å². The molecule has 5 rings (SSSR count). The zero-order valence-electron chi connectivity index (χ0n) is 20.1. The summed E-state index contributed by atoms with van der Waals surface area (Å²) in [5.74, 6) is 0.729. The van der Waals surface area contributed by atoms with Gasteiger partial charge in [-0.3, -0.25) is 4.79 Å². The third kappa shape index (κ3) is 4.84. The van der Waals surface area contributed by atoms with Crippen molar-refractivity contribution in [3.63, 3.8) is 0 Å². The number of aryl methyl sites for hydroxylation is 1. The number of nitrogens with zero attached hydrogens (tertiary/aromatic N) is 5. The second-order valence-electron chi connectivity index (χ2n) is 9.55. The van der Waals surface area contributed by atoms with Crippen molar-refractivity contribution in [2.75, 3.05) is 5.32 Å². The highest BCUT2D eigenvalue weighted by Gasteiger charge is 2.24. The van der Waals surface area contributed by atoms with Crippen molar-refractivity contribution >= 4 is 35.9 Å². The van der Waals surface area contributed by atoms with E-state index in [0.717, 1.165) is 48.1 Å². The number of aromatic nitrogens is 3. The van der Waals surface area contributed by atoms with Crippen LogP contribution in [0, 0.1) is 18.8 Å². The molecule has 1 amide bonds. The molecule has 2 aliphatic rings. The molecule has 2 aromatic heterocycles. The van der Waals surface area contributed by atoms with Gasteiger partial charge in [0.05, 0.1) is 23.1 Å². The minimum absolute atomic E-state index is 0.109. The predicted octanol–water partition coefficient (Wildman–Crippen LogP) is 2.45. The average molecular weight is 474 g/mol. The lowest BCUT2D eigenvalue weighted by molar-refractivity contribution is -0.424. The van der Waals surface area contributed by atoms with E-state index in [0.29, 0.717) is 28.6 Å². The van der Waals surface area contributed by atoms with E-state index in [2.05, 4.69) is 21.6 Å². The molecular weight excluding hydrogens is 444 g/mol. The maximum absolute atomic E-state index is 13.3.